The Balaban J connectivity index is 1.92. The van der Waals surface area contributed by atoms with Gasteiger partial charge in [0, 0.05) is 17.8 Å². The van der Waals surface area contributed by atoms with E-state index in [4.69, 9.17) is 0 Å². The third-order valence-electron chi connectivity index (χ3n) is 4.78. The predicted molar refractivity (Wildman–Crippen MR) is 101 cm³/mol. The van der Waals surface area contributed by atoms with Crippen molar-refractivity contribution in [3.8, 4) is 0 Å². The van der Waals surface area contributed by atoms with E-state index in [1.807, 2.05) is 0 Å². The quantitative estimate of drug-likeness (QED) is 0.446. The molecule has 0 aliphatic carbocycles. The van der Waals surface area contributed by atoms with E-state index < -0.39 is 36.4 Å². The molecule has 1 amide bonds. The Morgan fingerprint density at radius 1 is 1.43 bits per heavy atom. The Morgan fingerprint density at radius 3 is 2.82 bits per heavy atom. The van der Waals surface area contributed by atoms with E-state index in [-0.39, 0.29) is 11.4 Å². The van der Waals surface area contributed by atoms with Crippen LogP contribution < -0.4 is 5.11 Å². The minimum atomic E-state index is -3.40. The molecule has 156 valence electrons. The maximum Gasteiger partial charge on any atom is 0.327 e. The van der Waals surface area contributed by atoms with Gasteiger partial charge in [0.1, 0.15) is 0 Å². The number of alkyl halides is 2. The lowest BCUT2D eigenvalue weighted by atomic mass is 10.1. The monoisotopic (exact) mass is 414 g/mol. The number of hydrogen-bond acceptors (Lipinski definition) is 5. The summed E-state index contributed by atoms with van der Waals surface area (Å²) in [7, 11) is 0. The third-order valence-corrected chi connectivity index (χ3v) is 5.91. The number of amides is 1. The van der Waals surface area contributed by atoms with Crippen LogP contribution in [0.3, 0.4) is 0 Å². The van der Waals surface area contributed by atoms with Gasteiger partial charge in [-0.3, -0.25) is 4.79 Å². The number of carbonyl (C=O) groups excluding carboxylic acids is 2. The zero-order valence-corrected chi connectivity index (χ0v) is 16.7. The van der Waals surface area contributed by atoms with Crippen LogP contribution in [-0.4, -0.2) is 46.5 Å². The summed E-state index contributed by atoms with van der Waals surface area (Å²) in [5.41, 5.74) is 0. The van der Waals surface area contributed by atoms with Crippen LogP contribution in [0.1, 0.15) is 60.0 Å². The average Bonchev–Trinajstić information content (AvgIpc) is 3.18. The van der Waals surface area contributed by atoms with E-state index in [0.29, 0.717) is 19.3 Å². The molecule has 1 saturated heterocycles. The van der Waals surface area contributed by atoms with Crippen molar-refractivity contribution in [2.24, 2.45) is 0 Å². The summed E-state index contributed by atoms with van der Waals surface area (Å²) < 4.78 is 27.8. The molecule has 8 heteroatoms. The van der Waals surface area contributed by atoms with Gasteiger partial charge in [0.2, 0.25) is 0 Å². The smallest absolute Gasteiger partial charge is 0.327 e. The van der Waals surface area contributed by atoms with Gasteiger partial charge in [0.25, 0.3) is 5.91 Å². The van der Waals surface area contributed by atoms with Gasteiger partial charge in [-0.05, 0) is 31.4 Å². The molecule has 1 aliphatic heterocycles. The first-order valence-electron chi connectivity index (χ1n) is 9.60. The van der Waals surface area contributed by atoms with E-state index in [0.717, 1.165) is 40.4 Å². The summed E-state index contributed by atoms with van der Waals surface area (Å²) in [6.45, 7) is 2.20. The lowest BCUT2D eigenvalue weighted by Crippen LogP contribution is -2.36. The second-order valence-corrected chi connectivity index (χ2v) is 8.25. The Hall–Kier alpha value is -1.80. The molecular weight excluding hydrogens is 388 g/mol. The van der Waals surface area contributed by atoms with Crippen LogP contribution in [0.2, 0.25) is 0 Å². The van der Waals surface area contributed by atoms with Gasteiger partial charge in [0.05, 0.1) is 23.0 Å². The number of thiophene rings is 1. The Labute approximate surface area is 167 Å². The zero-order chi connectivity index (χ0) is 20.7. The summed E-state index contributed by atoms with van der Waals surface area (Å²) in [5.74, 6) is -5.83. The van der Waals surface area contributed by atoms with Gasteiger partial charge < -0.3 is 19.9 Å². The molecule has 2 atom stereocenters. The number of hydrogen-bond donors (Lipinski definition) is 1. The van der Waals surface area contributed by atoms with Crippen LogP contribution >= 0.6 is 11.3 Å². The Bertz CT molecular complexity index is 704. The molecule has 1 aromatic rings. The van der Waals surface area contributed by atoms with Gasteiger partial charge in [-0.15, -0.1) is 11.3 Å². The molecule has 28 heavy (non-hydrogen) atoms. The fraction of sp³-hybridized carbons (Fsp3) is 0.600. The first-order chi connectivity index (χ1) is 13.2. The number of carboxylic acid groups (broad SMARTS) is 1. The van der Waals surface area contributed by atoms with Crippen LogP contribution in [0.25, 0.3) is 0 Å². The number of aliphatic hydroxyl groups is 1. The van der Waals surface area contributed by atoms with Crippen molar-refractivity contribution in [2.45, 2.75) is 69.9 Å². The van der Waals surface area contributed by atoms with Gasteiger partial charge >= 0.3 is 5.92 Å². The number of unbranched alkanes of at least 4 members (excludes halogenated alkanes) is 2. The van der Waals surface area contributed by atoms with E-state index in [9.17, 15) is 28.6 Å². The molecule has 0 aromatic carbocycles. The SMILES string of the molecule is CCCCCC(O)/C=C/[C@H]1CC(F)(F)C(=O)N1CCCc1ccc(C(=O)[O-])s1. The molecule has 0 radical (unpaired) electrons. The topological polar surface area (TPSA) is 80.7 Å². The predicted octanol–water partition coefficient (Wildman–Crippen LogP) is 2.78. The summed E-state index contributed by atoms with van der Waals surface area (Å²) in [4.78, 5) is 24.9. The highest BCUT2D eigenvalue weighted by Crippen LogP contribution is 2.34. The molecule has 0 bridgehead atoms. The van der Waals surface area contributed by atoms with Crippen LogP contribution in [0, 0.1) is 0 Å². The average molecular weight is 414 g/mol. The van der Waals surface area contributed by atoms with Gasteiger partial charge in [0.15, 0.2) is 0 Å². The van der Waals surface area contributed by atoms with Gasteiger partial charge in [-0.25, -0.2) is 0 Å². The molecule has 1 N–H and O–H groups in total. The van der Waals surface area contributed by atoms with Crippen molar-refractivity contribution in [3.63, 3.8) is 0 Å². The van der Waals surface area contributed by atoms with Crippen LogP contribution in [0.15, 0.2) is 24.3 Å². The molecule has 1 aliphatic rings. The van der Waals surface area contributed by atoms with E-state index >= 15 is 0 Å². The summed E-state index contributed by atoms with van der Waals surface area (Å²) >= 11 is 1.09. The fourth-order valence-electron chi connectivity index (χ4n) is 3.26. The lowest BCUT2D eigenvalue weighted by Gasteiger charge is -2.22. The maximum absolute atomic E-state index is 13.9. The zero-order valence-electron chi connectivity index (χ0n) is 15.9. The Kier molecular flexibility index (Phi) is 8.12. The van der Waals surface area contributed by atoms with E-state index in [1.54, 1.807) is 6.07 Å². The molecule has 0 saturated carbocycles. The minimum absolute atomic E-state index is 0.122. The van der Waals surface area contributed by atoms with E-state index in [1.165, 1.54) is 18.2 Å². The second-order valence-electron chi connectivity index (χ2n) is 7.08. The minimum Gasteiger partial charge on any atom is -0.544 e. The third kappa shape index (κ3) is 6.10. The molecule has 1 aromatic heterocycles. The second kappa shape index (κ2) is 10.1. The highest BCUT2D eigenvalue weighted by Gasteiger charge is 2.52. The molecule has 5 nitrogen and oxygen atoms in total. The van der Waals surface area contributed by atoms with Crippen LogP contribution in [0.5, 0.6) is 0 Å². The van der Waals surface area contributed by atoms with Gasteiger partial charge in [-0.2, -0.15) is 8.78 Å². The molecule has 1 fully saturated rings. The van der Waals surface area contributed by atoms with Crippen molar-refractivity contribution in [1.82, 2.24) is 4.90 Å². The maximum atomic E-state index is 13.9. The van der Waals surface area contributed by atoms with Crippen molar-refractivity contribution in [1.29, 1.82) is 0 Å². The first-order valence-corrected chi connectivity index (χ1v) is 10.4. The van der Waals surface area contributed by atoms with Crippen molar-refractivity contribution >= 4 is 23.2 Å². The first kappa shape index (κ1) is 22.5. The number of aliphatic hydroxyl groups excluding tert-OH is 1. The molecule has 2 rings (SSSR count). The van der Waals surface area contributed by atoms with Crippen LogP contribution in [0.4, 0.5) is 8.78 Å². The Morgan fingerprint density at radius 2 is 2.18 bits per heavy atom. The number of carboxylic acids is 1. The number of halogens is 2. The number of likely N-dealkylation sites (tertiary alicyclic amines) is 1. The standard InChI is InChI=1S/C20H27F2NO4S/c1-2-3-4-6-15(24)9-8-14-13-20(21,22)19(27)23(14)12-5-7-16-10-11-17(28-16)18(25)26/h8-11,14-15,24H,2-7,12-13H2,1H3,(H,25,26)/p-1/b9-8+/t14-,15?/m0/s1. The van der Waals surface area contributed by atoms with Crippen molar-refractivity contribution in [2.75, 3.05) is 6.54 Å². The molecule has 1 unspecified atom stereocenters. The number of nitrogens with zero attached hydrogens (tertiary/aromatic N) is 1. The highest BCUT2D eigenvalue weighted by atomic mass is 32.1. The number of rotatable bonds is 11. The largest absolute Gasteiger partial charge is 0.544 e. The van der Waals surface area contributed by atoms with Gasteiger partial charge in [-0.1, -0.05) is 38.3 Å². The molecular formula is C20H26F2NO4S-. The number of aromatic carboxylic acids is 1. The lowest BCUT2D eigenvalue weighted by molar-refractivity contribution is -0.254. The van der Waals surface area contributed by atoms with Crippen molar-refractivity contribution < 1.29 is 28.6 Å². The number of carbonyl (C=O) groups is 2. The fourth-order valence-corrected chi connectivity index (χ4v) is 4.15. The number of aryl methyl sites for hydroxylation is 1. The summed E-state index contributed by atoms with van der Waals surface area (Å²) in [6, 6.07) is 2.38. The van der Waals surface area contributed by atoms with Crippen LogP contribution in [-0.2, 0) is 11.2 Å². The summed E-state index contributed by atoms with van der Waals surface area (Å²) in [5, 5.41) is 20.8. The summed E-state index contributed by atoms with van der Waals surface area (Å²) in [6.07, 6.45) is 6.12. The highest BCUT2D eigenvalue weighted by molar-refractivity contribution is 7.13. The molecule has 2 heterocycles. The normalized spacial score (nSPS) is 20.2. The van der Waals surface area contributed by atoms with E-state index in [2.05, 4.69) is 6.92 Å². The van der Waals surface area contributed by atoms with Crippen molar-refractivity contribution in [3.05, 3.63) is 34.0 Å². The molecule has 0 spiro atoms.